The van der Waals surface area contributed by atoms with Crippen molar-refractivity contribution in [2.45, 2.75) is 6.10 Å². The predicted octanol–water partition coefficient (Wildman–Crippen LogP) is 2.53. The normalized spacial score (nSPS) is 12.4. The van der Waals surface area contributed by atoms with Crippen molar-refractivity contribution in [2.24, 2.45) is 0 Å². The highest BCUT2D eigenvalue weighted by molar-refractivity contribution is 9.10. The van der Waals surface area contributed by atoms with Gasteiger partial charge in [-0.1, -0.05) is 0 Å². The van der Waals surface area contributed by atoms with Crippen LogP contribution in [0.15, 0.2) is 39.9 Å². The number of aliphatic hydroxyl groups excluding tert-OH is 1. The van der Waals surface area contributed by atoms with Crippen LogP contribution in [0.3, 0.4) is 0 Å². The van der Waals surface area contributed by atoms with E-state index in [4.69, 9.17) is 9.15 Å². The fraction of sp³-hybridized carbons (Fsp3) is 0.182. The first-order valence-electron chi connectivity index (χ1n) is 4.62. The Hall–Kier alpha value is -1.33. The molecule has 2 rings (SSSR count). The van der Waals surface area contributed by atoms with E-state index in [0.29, 0.717) is 21.5 Å². The lowest BCUT2D eigenvalue weighted by Gasteiger charge is -2.10. The van der Waals surface area contributed by atoms with E-state index in [-0.39, 0.29) is 0 Å². The molecule has 0 aliphatic rings. The summed E-state index contributed by atoms with van der Waals surface area (Å²) in [4.78, 5) is 3.99. The zero-order chi connectivity index (χ0) is 11.5. The van der Waals surface area contributed by atoms with Gasteiger partial charge in [0.05, 0.1) is 19.6 Å². The van der Waals surface area contributed by atoms with Gasteiger partial charge in [0.2, 0.25) is 0 Å². The number of ether oxygens (including phenoxy) is 1. The Kier molecular flexibility index (Phi) is 3.26. The van der Waals surface area contributed by atoms with Crippen molar-refractivity contribution in [3.05, 3.63) is 46.6 Å². The number of methoxy groups -OCH3 is 1. The lowest BCUT2D eigenvalue weighted by Crippen LogP contribution is -2.00. The van der Waals surface area contributed by atoms with Gasteiger partial charge in [-0.3, -0.25) is 4.98 Å². The summed E-state index contributed by atoms with van der Waals surface area (Å²) in [6.07, 6.45) is 3.90. The van der Waals surface area contributed by atoms with Crippen molar-refractivity contribution in [2.75, 3.05) is 7.11 Å². The van der Waals surface area contributed by atoms with Crippen LogP contribution in [0.25, 0.3) is 0 Å². The molecule has 0 aromatic carbocycles. The molecule has 1 N–H and O–H groups in total. The van der Waals surface area contributed by atoms with Crippen molar-refractivity contribution in [1.82, 2.24) is 4.98 Å². The third-order valence-corrected chi connectivity index (χ3v) is 2.87. The van der Waals surface area contributed by atoms with Gasteiger partial charge in [0.15, 0.2) is 4.67 Å². The summed E-state index contributed by atoms with van der Waals surface area (Å²) in [6.45, 7) is 0. The molecular weight excluding hydrogens is 274 g/mol. The van der Waals surface area contributed by atoms with Crippen LogP contribution in [0, 0.1) is 0 Å². The Morgan fingerprint density at radius 1 is 1.50 bits per heavy atom. The summed E-state index contributed by atoms with van der Waals surface area (Å²) in [7, 11) is 1.56. The van der Waals surface area contributed by atoms with Gasteiger partial charge >= 0.3 is 0 Å². The maximum absolute atomic E-state index is 10.1. The first kappa shape index (κ1) is 11.2. The molecule has 0 aliphatic heterocycles. The number of furan rings is 1. The quantitative estimate of drug-likeness (QED) is 0.941. The molecule has 0 bridgehead atoms. The molecule has 1 atom stereocenters. The second kappa shape index (κ2) is 4.67. The number of nitrogens with zero attached hydrogens (tertiary/aromatic N) is 1. The van der Waals surface area contributed by atoms with Gasteiger partial charge in [0.25, 0.3) is 0 Å². The lowest BCUT2D eigenvalue weighted by molar-refractivity contribution is 0.217. The van der Waals surface area contributed by atoms with Crippen LogP contribution in [0.4, 0.5) is 0 Å². The smallest absolute Gasteiger partial charge is 0.175 e. The average molecular weight is 284 g/mol. The molecule has 0 spiro atoms. The van der Waals surface area contributed by atoms with Crippen LogP contribution in [-0.4, -0.2) is 17.2 Å². The van der Waals surface area contributed by atoms with E-state index < -0.39 is 6.10 Å². The van der Waals surface area contributed by atoms with E-state index in [9.17, 15) is 5.11 Å². The van der Waals surface area contributed by atoms with E-state index in [0.717, 1.165) is 0 Å². The highest BCUT2D eigenvalue weighted by Crippen LogP contribution is 2.30. The van der Waals surface area contributed by atoms with Crippen LogP contribution in [0.1, 0.15) is 17.2 Å². The molecule has 0 saturated carbocycles. The zero-order valence-corrected chi connectivity index (χ0v) is 10.1. The molecular formula is C11H10BrNO3. The summed E-state index contributed by atoms with van der Waals surface area (Å²) in [6, 6.07) is 3.44. The van der Waals surface area contributed by atoms with E-state index in [1.807, 2.05) is 0 Å². The summed E-state index contributed by atoms with van der Waals surface area (Å²) in [5.74, 6) is 0.608. The van der Waals surface area contributed by atoms with E-state index >= 15 is 0 Å². The monoisotopic (exact) mass is 283 g/mol. The fourth-order valence-corrected chi connectivity index (χ4v) is 1.83. The zero-order valence-electron chi connectivity index (χ0n) is 8.55. The van der Waals surface area contributed by atoms with Crippen LogP contribution < -0.4 is 4.74 Å². The summed E-state index contributed by atoms with van der Waals surface area (Å²) in [5.41, 5.74) is 1.32. The Morgan fingerprint density at radius 3 is 2.94 bits per heavy atom. The molecule has 0 amide bonds. The van der Waals surface area contributed by atoms with Gasteiger partial charge in [-0.05, 0) is 28.1 Å². The third kappa shape index (κ3) is 2.10. The molecule has 84 valence electrons. The number of aromatic nitrogens is 1. The van der Waals surface area contributed by atoms with Gasteiger partial charge in [-0.25, -0.2) is 0 Å². The molecule has 1 unspecified atom stereocenters. The number of hydrogen-bond donors (Lipinski definition) is 1. The van der Waals surface area contributed by atoms with E-state index in [1.54, 1.807) is 31.6 Å². The Balaban J connectivity index is 2.33. The number of hydrogen-bond acceptors (Lipinski definition) is 4. The lowest BCUT2D eigenvalue weighted by atomic mass is 10.1. The fourth-order valence-electron chi connectivity index (χ4n) is 1.38. The van der Waals surface area contributed by atoms with Gasteiger partial charge in [0, 0.05) is 17.3 Å². The summed E-state index contributed by atoms with van der Waals surface area (Å²) >= 11 is 3.22. The number of aliphatic hydroxyl groups is 1. The molecule has 5 heteroatoms. The molecule has 0 aliphatic carbocycles. The highest BCUT2D eigenvalue weighted by Gasteiger charge is 2.16. The first-order valence-corrected chi connectivity index (χ1v) is 5.41. The molecule has 0 fully saturated rings. The summed E-state index contributed by atoms with van der Waals surface area (Å²) in [5, 5.41) is 10.1. The Labute approximate surface area is 101 Å². The second-order valence-corrected chi connectivity index (χ2v) is 3.93. The molecule has 16 heavy (non-hydrogen) atoms. The van der Waals surface area contributed by atoms with E-state index in [2.05, 4.69) is 20.9 Å². The molecule has 2 aromatic heterocycles. The molecule has 2 aromatic rings. The third-order valence-electron chi connectivity index (χ3n) is 2.23. The van der Waals surface area contributed by atoms with Crippen LogP contribution in [-0.2, 0) is 0 Å². The predicted molar refractivity (Wildman–Crippen MR) is 61.3 cm³/mol. The maximum atomic E-state index is 10.1. The number of rotatable bonds is 3. The largest absolute Gasteiger partial charge is 0.495 e. The van der Waals surface area contributed by atoms with Crippen molar-refractivity contribution >= 4 is 15.9 Å². The van der Waals surface area contributed by atoms with Crippen LogP contribution in [0.5, 0.6) is 5.75 Å². The highest BCUT2D eigenvalue weighted by atomic mass is 79.9. The van der Waals surface area contributed by atoms with Crippen molar-refractivity contribution in [1.29, 1.82) is 0 Å². The standard InChI is InChI=1S/C11H10BrNO3/c1-15-8-4-7(5-13-6-8)10(14)9-2-3-16-11(9)12/h2-6,10,14H,1H3. The van der Waals surface area contributed by atoms with E-state index in [1.165, 1.54) is 6.26 Å². The molecule has 0 radical (unpaired) electrons. The minimum atomic E-state index is -0.782. The topological polar surface area (TPSA) is 55.5 Å². The summed E-state index contributed by atoms with van der Waals surface area (Å²) < 4.78 is 10.6. The first-order chi connectivity index (χ1) is 7.72. The van der Waals surface area contributed by atoms with Crippen molar-refractivity contribution in [3.63, 3.8) is 0 Å². The Morgan fingerprint density at radius 2 is 2.31 bits per heavy atom. The van der Waals surface area contributed by atoms with Gasteiger partial charge < -0.3 is 14.3 Å². The number of halogens is 1. The van der Waals surface area contributed by atoms with Crippen LogP contribution >= 0.6 is 15.9 Å². The second-order valence-electron chi connectivity index (χ2n) is 3.21. The minimum absolute atomic E-state index is 0.516. The minimum Gasteiger partial charge on any atom is -0.495 e. The van der Waals surface area contributed by atoms with Crippen molar-refractivity contribution < 1.29 is 14.3 Å². The molecule has 0 saturated heterocycles. The van der Waals surface area contributed by atoms with Gasteiger partial charge in [0.1, 0.15) is 11.9 Å². The van der Waals surface area contributed by atoms with Gasteiger partial charge in [-0.2, -0.15) is 0 Å². The number of pyridine rings is 1. The maximum Gasteiger partial charge on any atom is 0.175 e. The molecule has 2 heterocycles. The molecule has 4 nitrogen and oxygen atoms in total. The van der Waals surface area contributed by atoms with Gasteiger partial charge in [-0.15, -0.1) is 0 Å². The van der Waals surface area contributed by atoms with Crippen LogP contribution in [0.2, 0.25) is 0 Å². The van der Waals surface area contributed by atoms with Crippen molar-refractivity contribution in [3.8, 4) is 5.75 Å². The SMILES string of the molecule is COc1cncc(C(O)c2ccoc2Br)c1. The Bertz CT molecular complexity index is 484. The average Bonchev–Trinajstić information content (AvgIpc) is 2.74.